The molecule has 0 fully saturated rings. The molecule has 0 unspecified atom stereocenters. The van der Waals surface area contributed by atoms with Crippen molar-refractivity contribution < 1.29 is 13.6 Å². The lowest BCUT2D eigenvalue weighted by molar-refractivity contribution is 0.112. The number of fused-ring (bicyclic) bond motifs is 1. The van der Waals surface area contributed by atoms with Crippen molar-refractivity contribution >= 4 is 17.3 Å². The third kappa shape index (κ3) is 1.13. The second-order valence-electron chi connectivity index (χ2n) is 3.02. The summed E-state index contributed by atoms with van der Waals surface area (Å²) in [7, 11) is 0. The summed E-state index contributed by atoms with van der Waals surface area (Å²) in [6, 6.07) is 4.55. The van der Waals surface area contributed by atoms with Gasteiger partial charge in [0.2, 0.25) is 0 Å². The van der Waals surface area contributed by atoms with Crippen LogP contribution in [-0.4, -0.2) is 6.29 Å². The van der Waals surface area contributed by atoms with E-state index in [0.29, 0.717) is 35.0 Å². The van der Waals surface area contributed by atoms with Crippen LogP contribution in [0.25, 0.3) is 11.0 Å². The Labute approximate surface area is 80.3 Å². The van der Waals surface area contributed by atoms with Gasteiger partial charge in [-0.05, 0) is 12.1 Å². The molecule has 0 N–H and O–H groups in total. The van der Waals surface area contributed by atoms with Crippen LogP contribution >= 0.6 is 0 Å². The van der Waals surface area contributed by atoms with E-state index in [9.17, 15) is 9.18 Å². The Morgan fingerprint density at radius 2 is 2.29 bits per heavy atom. The summed E-state index contributed by atoms with van der Waals surface area (Å²) in [5.74, 6) is 0.133. The fraction of sp³-hybridized carbons (Fsp3) is 0.182. The van der Waals surface area contributed by atoms with Gasteiger partial charge in [0.25, 0.3) is 0 Å². The molecule has 2 aromatic rings. The van der Waals surface area contributed by atoms with Gasteiger partial charge in [-0.1, -0.05) is 13.0 Å². The highest BCUT2D eigenvalue weighted by molar-refractivity contribution is 5.97. The molecule has 0 aliphatic rings. The van der Waals surface area contributed by atoms with E-state index in [0.717, 1.165) is 0 Å². The van der Waals surface area contributed by atoms with Crippen molar-refractivity contribution in [3.63, 3.8) is 0 Å². The van der Waals surface area contributed by atoms with E-state index < -0.39 is 5.82 Å². The number of rotatable bonds is 2. The average molecular weight is 192 g/mol. The molecule has 0 bridgehead atoms. The highest BCUT2D eigenvalue weighted by atomic mass is 19.1. The quantitative estimate of drug-likeness (QED) is 0.685. The summed E-state index contributed by atoms with van der Waals surface area (Å²) in [5.41, 5.74) is 0.768. The maximum absolute atomic E-state index is 13.4. The van der Waals surface area contributed by atoms with Crippen LogP contribution in [0.2, 0.25) is 0 Å². The lowest BCUT2D eigenvalue weighted by Gasteiger charge is -1.90. The number of hydrogen-bond acceptors (Lipinski definition) is 2. The van der Waals surface area contributed by atoms with E-state index in [4.69, 9.17) is 4.42 Å². The summed E-state index contributed by atoms with van der Waals surface area (Å²) >= 11 is 0. The molecule has 0 atom stereocenters. The molecule has 1 aromatic heterocycles. The number of hydrogen-bond donors (Lipinski definition) is 0. The van der Waals surface area contributed by atoms with Gasteiger partial charge in [0.15, 0.2) is 6.29 Å². The van der Waals surface area contributed by atoms with Crippen LogP contribution in [0.5, 0.6) is 0 Å². The fourth-order valence-corrected chi connectivity index (χ4v) is 1.57. The molecule has 0 aliphatic carbocycles. The minimum Gasteiger partial charge on any atom is -0.460 e. The fourth-order valence-electron chi connectivity index (χ4n) is 1.57. The van der Waals surface area contributed by atoms with E-state index in [1.807, 2.05) is 6.92 Å². The molecule has 2 rings (SSSR count). The molecule has 72 valence electrons. The van der Waals surface area contributed by atoms with Crippen molar-refractivity contribution in [1.82, 2.24) is 0 Å². The van der Waals surface area contributed by atoms with Crippen molar-refractivity contribution in [3.05, 3.63) is 35.3 Å². The van der Waals surface area contributed by atoms with Crippen molar-refractivity contribution in [1.29, 1.82) is 0 Å². The molecule has 1 heterocycles. The second-order valence-corrected chi connectivity index (χ2v) is 3.02. The van der Waals surface area contributed by atoms with Gasteiger partial charge in [-0.3, -0.25) is 4.79 Å². The second kappa shape index (κ2) is 3.25. The average Bonchev–Trinajstić information content (AvgIpc) is 2.56. The highest BCUT2D eigenvalue weighted by Crippen LogP contribution is 2.27. The van der Waals surface area contributed by atoms with E-state index in [-0.39, 0.29) is 0 Å². The Balaban J connectivity index is 2.88. The molecule has 0 saturated heterocycles. The Hall–Kier alpha value is -1.64. The zero-order valence-electron chi connectivity index (χ0n) is 7.71. The topological polar surface area (TPSA) is 30.2 Å². The Kier molecular flexibility index (Phi) is 2.08. The number of carbonyl (C=O) groups is 1. The van der Waals surface area contributed by atoms with Gasteiger partial charge in [0.05, 0.1) is 10.9 Å². The molecule has 1 aromatic carbocycles. The smallest absolute Gasteiger partial charge is 0.154 e. The minimum atomic E-state index is -0.409. The zero-order valence-corrected chi connectivity index (χ0v) is 7.71. The molecule has 3 heteroatoms. The maximum atomic E-state index is 13.4. The van der Waals surface area contributed by atoms with Crippen LogP contribution in [0.1, 0.15) is 23.0 Å². The van der Waals surface area contributed by atoms with E-state index in [2.05, 4.69) is 0 Å². The summed E-state index contributed by atoms with van der Waals surface area (Å²) in [4.78, 5) is 10.8. The first kappa shape index (κ1) is 8.94. The van der Waals surface area contributed by atoms with Gasteiger partial charge in [0, 0.05) is 6.42 Å². The number of halogens is 1. The first-order chi connectivity index (χ1) is 6.77. The minimum absolute atomic E-state index is 0.291. The molecule has 2 nitrogen and oxygen atoms in total. The molecule has 0 spiro atoms. The number of carbonyl (C=O) groups excluding carboxylic acids is 1. The van der Waals surface area contributed by atoms with Crippen LogP contribution in [0.3, 0.4) is 0 Å². The van der Waals surface area contributed by atoms with E-state index in [1.165, 1.54) is 6.07 Å². The maximum Gasteiger partial charge on any atom is 0.154 e. The number of benzene rings is 1. The Bertz CT molecular complexity index is 485. The summed E-state index contributed by atoms with van der Waals surface area (Å²) in [5, 5.41) is 0.291. The van der Waals surface area contributed by atoms with E-state index >= 15 is 0 Å². The normalized spacial score (nSPS) is 10.7. The Morgan fingerprint density at radius 3 is 2.93 bits per heavy atom. The third-order valence-corrected chi connectivity index (χ3v) is 2.22. The van der Waals surface area contributed by atoms with Crippen LogP contribution < -0.4 is 0 Å². The van der Waals surface area contributed by atoms with Gasteiger partial charge in [0.1, 0.15) is 17.2 Å². The van der Waals surface area contributed by atoms with Gasteiger partial charge in [-0.15, -0.1) is 0 Å². The Morgan fingerprint density at radius 1 is 1.50 bits per heavy atom. The zero-order chi connectivity index (χ0) is 10.1. The van der Waals surface area contributed by atoms with Gasteiger partial charge >= 0.3 is 0 Å². The molecule has 0 saturated carbocycles. The standard InChI is InChI=1S/C11H9FO2/c1-2-9-7(6-13)11-8(12)4-3-5-10(11)14-9/h3-6H,2H2,1H3. The van der Waals surface area contributed by atoms with Gasteiger partial charge in [-0.25, -0.2) is 4.39 Å². The molecular formula is C11H9FO2. The predicted molar refractivity (Wildman–Crippen MR) is 50.9 cm³/mol. The molecule has 14 heavy (non-hydrogen) atoms. The number of aryl methyl sites for hydroxylation is 1. The monoisotopic (exact) mass is 192 g/mol. The van der Waals surface area contributed by atoms with Crippen molar-refractivity contribution in [2.24, 2.45) is 0 Å². The van der Waals surface area contributed by atoms with Gasteiger partial charge in [-0.2, -0.15) is 0 Å². The summed E-state index contributed by atoms with van der Waals surface area (Å²) in [6.45, 7) is 1.86. The van der Waals surface area contributed by atoms with E-state index in [1.54, 1.807) is 12.1 Å². The molecule has 0 aliphatic heterocycles. The predicted octanol–water partition coefficient (Wildman–Crippen LogP) is 2.95. The number of furan rings is 1. The van der Waals surface area contributed by atoms with Gasteiger partial charge < -0.3 is 4.42 Å². The summed E-state index contributed by atoms with van der Waals surface area (Å²) < 4.78 is 18.7. The molecule has 0 radical (unpaired) electrons. The van der Waals surface area contributed by atoms with Crippen molar-refractivity contribution in [2.75, 3.05) is 0 Å². The molecular weight excluding hydrogens is 183 g/mol. The first-order valence-electron chi connectivity index (χ1n) is 4.43. The first-order valence-corrected chi connectivity index (χ1v) is 4.43. The lowest BCUT2D eigenvalue weighted by Crippen LogP contribution is -1.86. The van der Waals surface area contributed by atoms with Crippen molar-refractivity contribution in [2.45, 2.75) is 13.3 Å². The van der Waals surface area contributed by atoms with Crippen LogP contribution in [0.15, 0.2) is 22.6 Å². The lowest BCUT2D eigenvalue weighted by atomic mass is 10.1. The molecule has 0 amide bonds. The van der Waals surface area contributed by atoms with Crippen LogP contribution in [0, 0.1) is 5.82 Å². The number of aldehydes is 1. The summed E-state index contributed by atoms with van der Waals surface area (Å²) in [6.07, 6.45) is 1.23. The van der Waals surface area contributed by atoms with Crippen LogP contribution in [0.4, 0.5) is 4.39 Å². The SMILES string of the molecule is CCc1oc2cccc(F)c2c1C=O. The van der Waals surface area contributed by atoms with Crippen LogP contribution in [-0.2, 0) is 6.42 Å². The highest BCUT2D eigenvalue weighted by Gasteiger charge is 2.14. The van der Waals surface area contributed by atoms with Crippen molar-refractivity contribution in [3.8, 4) is 0 Å². The largest absolute Gasteiger partial charge is 0.460 e. The third-order valence-electron chi connectivity index (χ3n) is 2.22.